The molecule has 0 radical (unpaired) electrons. The van der Waals surface area contributed by atoms with E-state index in [4.69, 9.17) is 11.5 Å². The van der Waals surface area contributed by atoms with Crippen LogP contribution in [0.5, 0.6) is 0 Å². The molecule has 0 fully saturated rings. The highest BCUT2D eigenvalue weighted by atomic mass is 32.2. The van der Waals surface area contributed by atoms with Crippen molar-refractivity contribution in [1.29, 1.82) is 0 Å². The van der Waals surface area contributed by atoms with Crippen molar-refractivity contribution in [2.24, 2.45) is 0 Å². The van der Waals surface area contributed by atoms with Crippen LogP contribution in [0.2, 0.25) is 0 Å². The first-order valence-electron chi connectivity index (χ1n) is 5.83. The monoisotopic (exact) mass is 269 g/mol. The average molecular weight is 269 g/mol. The van der Waals surface area contributed by atoms with Crippen LogP contribution in [0.25, 0.3) is 0 Å². The summed E-state index contributed by atoms with van der Waals surface area (Å²) in [6.07, 6.45) is 2.02. The fourth-order valence-electron chi connectivity index (χ4n) is 1.48. The van der Waals surface area contributed by atoms with Gasteiger partial charge in [0, 0.05) is 12.1 Å². The Labute approximate surface area is 111 Å². The standard InChI is InChI=1S/C11H19N5OS/c1-3-4-7(2)14-10(17)6-18-11-15-8(12)5-9(13)16-11/h5,7H,3-4,6H2,1-2H3,(H,14,17)(H4,12,13,15,16). The zero-order valence-electron chi connectivity index (χ0n) is 10.6. The number of nitrogen functional groups attached to an aromatic ring is 2. The highest BCUT2D eigenvalue weighted by molar-refractivity contribution is 7.99. The molecule has 0 aromatic carbocycles. The van der Waals surface area contributed by atoms with Crippen LogP contribution in [0, 0.1) is 0 Å². The molecule has 100 valence electrons. The first-order chi connectivity index (χ1) is 8.51. The lowest BCUT2D eigenvalue weighted by Gasteiger charge is -2.12. The lowest BCUT2D eigenvalue weighted by molar-refractivity contribution is -0.119. The number of carbonyl (C=O) groups is 1. The molecule has 1 atom stereocenters. The Morgan fingerprint density at radius 2 is 2.06 bits per heavy atom. The quantitative estimate of drug-likeness (QED) is 0.526. The van der Waals surface area contributed by atoms with Gasteiger partial charge in [-0.25, -0.2) is 9.97 Å². The van der Waals surface area contributed by atoms with E-state index in [9.17, 15) is 4.79 Å². The maximum absolute atomic E-state index is 11.6. The number of nitrogens with zero attached hydrogens (tertiary/aromatic N) is 2. The molecule has 0 saturated heterocycles. The summed E-state index contributed by atoms with van der Waals surface area (Å²) in [4.78, 5) is 19.6. The van der Waals surface area contributed by atoms with Gasteiger partial charge in [0.05, 0.1) is 5.75 Å². The Bertz CT molecular complexity index is 392. The Morgan fingerprint density at radius 3 is 2.61 bits per heavy atom. The molecule has 1 amide bonds. The minimum absolute atomic E-state index is 0.0365. The third-order valence-corrected chi connectivity index (χ3v) is 3.05. The molecule has 0 saturated carbocycles. The van der Waals surface area contributed by atoms with Crippen LogP contribution in [0.4, 0.5) is 11.6 Å². The van der Waals surface area contributed by atoms with Crippen molar-refractivity contribution < 1.29 is 4.79 Å². The number of anilines is 2. The Morgan fingerprint density at radius 1 is 1.44 bits per heavy atom. The Hall–Kier alpha value is -1.50. The van der Waals surface area contributed by atoms with E-state index in [-0.39, 0.29) is 17.7 Å². The molecule has 6 nitrogen and oxygen atoms in total. The highest BCUT2D eigenvalue weighted by Gasteiger charge is 2.09. The lowest BCUT2D eigenvalue weighted by Crippen LogP contribution is -2.33. The zero-order chi connectivity index (χ0) is 13.5. The number of hydrogen-bond donors (Lipinski definition) is 3. The van der Waals surface area contributed by atoms with Crippen molar-refractivity contribution in [3.63, 3.8) is 0 Å². The van der Waals surface area contributed by atoms with Crippen molar-refractivity contribution in [2.75, 3.05) is 17.2 Å². The van der Waals surface area contributed by atoms with E-state index in [0.29, 0.717) is 16.8 Å². The molecular formula is C11H19N5OS. The van der Waals surface area contributed by atoms with Crippen molar-refractivity contribution >= 4 is 29.3 Å². The number of rotatable bonds is 6. The predicted octanol–water partition coefficient (Wildman–Crippen LogP) is 1.04. The summed E-state index contributed by atoms with van der Waals surface area (Å²) in [5.41, 5.74) is 11.1. The van der Waals surface area contributed by atoms with Gasteiger partial charge in [-0.15, -0.1) is 0 Å². The lowest BCUT2D eigenvalue weighted by atomic mass is 10.2. The second-order valence-corrected chi connectivity index (χ2v) is 4.99. The first-order valence-corrected chi connectivity index (χ1v) is 6.82. The summed E-state index contributed by atoms with van der Waals surface area (Å²) in [6.45, 7) is 4.07. The third-order valence-electron chi connectivity index (χ3n) is 2.21. The molecule has 18 heavy (non-hydrogen) atoms. The van der Waals surface area contributed by atoms with E-state index < -0.39 is 0 Å². The number of carbonyl (C=O) groups excluding carboxylic acids is 1. The molecule has 7 heteroatoms. The van der Waals surface area contributed by atoms with Gasteiger partial charge >= 0.3 is 0 Å². The van der Waals surface area contributed by atoms with Gasteiger partial charge in [0.2, 0.25) is 5.91 Å². The van der Waals surface area contributed by atoms with Crippen LogP contribution in [0.15, 0.2) is 11.2 Å². The van der Waals surface area contributed by atoms with Gasteiger partial charge in [0.15, 0.2) is 5.16 Å². The molecule has 1 rings (SSSR count). The van der Waals surface area contributed by atoms with Crippen LogP contribution in [0.3, 0.4) is 0 Å². The van der Waals surface area contributed by atoms with E-state index in [2.05, 4.69) is 22.2 Å². The SMILES string of the molecule is CCCC(C)NC(=O)CSc1nc(N)cc(N)n1. The van der Waals surface area contributed by atoms with Gasteiger partial charge < -0.3 is 16.8 Å². The predicted molar refractivity (Wildman–Crippen MR) is 74.1 cm³/mol. The minimum Gasteiger partial charge on any atom is -0.383 e. The van der Waals surface area contributed by atoms with Crippen LogP contribution < -0.4 is 16.8 Å². The normalized spacial score (nSPS) is 12.1. The minimum atomic E-state index is -0.0365. The number of aromatic nitrogens is 2. The maximum Gasteiger partial charge on any atom is 0.230 e. The summed E-state index contributed by atoms with van der Waals surface area (Å²) in [5.74, 6) is 0.844. The number of thioether (sulfide) groups is 1. The van der Waals surface area contributed by atoms with Crippen molar-refractivity contribution in [3.8, 4) is 0 Å². The van der Waals surface area contributed by atoms with E-state index in [1.807, 2.05) is 6.92 Å². The van der Waals surface area contributed by atoms with Crippen LogP contribution in [-0.4, -0.2) is 27.7 Å². The van der Waals surface area contributed by atoms with Gasteiger partial charge in [-0.3, -0.25) is 4.79 Å². The Kier molecular flexibility index (Phi) is 5.70. The molecular weight excluding hydrogens is 250 g/mol. The van der Waals surface area contributed by atoms with Crippen molar-refractivity contribution in [2.45, 2.75) is 37.9 Å². The largest absolute Gasteiger partial charge is 0.383 e. The third kappa shape index (κ3) is 5.22. The molecule has 0 spiro atoms. The van der Waals surface area contributed by atoms with E-state index in [1.54, 1.807) is 0 Å². The topological polar surface area (TPSA) is 107 Å². The van der Waals surface area contributed by atoms with E-state index in [0.717, 1.165) is 12.8 Å². The highest BCUT2D eigenvalue weighted by Crippen LogP contribution is 2.15. The molecule has 0 aliphatic rings. The number of nitrogens with two attached hydrogens (primary N) is 2. The molecule has 5 N–H and O–H groups in total. The number of amides is 1. The fourth-order valence-corrected chi connectivity index (χ4v) is 2.16. The summed E-state index contributed by atoms with van der Waals surface area (Å²) >= 11 is 1.22. The smallest absolute Gasteiger partial charge is 0.230 e. The van der Waals surface area contributed by atoms with Crippen LogP contribution in [0.1, 0.15) is 26.7 Å². The second kappa shape index (κ2) is 7.05. The van der Waals surface area contributed by atoms with Crippen molar-refractivity contribution in [1.82, 2.24) is 15.3 Å². The number of nitrogens with one attached hydrogen (secondary N) is 1. The van der Waals surface area contributed by atoms with Gasteiger partial charge in [-0.05, 0) is 13.3 Å². The van der Waals surface area contributed by atoms with Gasteiger partial charge in [0.25, 0.3) is 0 Å². The van der Waals surface area contributed by atoms with Crippen LogP contribution in [-0.2, 0) is 4.79 Å². The summed E-state index contributed by atoms with van der Waals surface area (Å²) in [6, 6.07) is 1.67. The molecule has 1 aromatic rings. The molecule has 0 aliphatic carbocycles. The molecule has 0 aliphatic heterocycles. The first kappa shape index (κ1) is 14.6. The van der Waals surface area contributed by atoms with Gasteiger partial charge in [-0.2, -0.15) is 0 Å². The summed E-state index contributed by atoms with van der Waals surface area (Å²) < 4.78 is 0. The maximum atomic E-state index is 11.6. The van der Waals surface area contributed by atoms with Crippen LogP contribution >= 0.6 is 11.8 Å². The van der Waals surface area contributed by atoms with E-state index in [1.165, 1.54) is 17.8 Å². The number of hydrogen-bond acceptors (Lipinski definition) is 6. The second-order valence-electron chi connectivity index (χ2n) is 4.05. The van der Waals surface area contributed by atoms with E-state index >= 15 is 0 Å². The average Bonchev–Trinajstić information content (AvgIpc) is 2.25. The fraction of sp³-hybridized carbons (Fsp3) is 0.545. The molecule has 1 heterocycles. The zero-order valence-corrected chi connectivity index (χ0v) is 11.5. The summed E-state index contributed by atoms with van der Waals surface area (Å²) in [5, 5.41) is 3.32. The molecule has 0 bridgehead atoms. The molecule has 1 unspecified atom stereocenters. The Balaban J connectivity index is 2.42. The molecule has 1 aromatic heterocycles. The van der Waals surface area contributed by atoms with Gasteiger partial charge in [-0.1, -0.05) is 25.1 Å². The van der Waals surface area contributed by atoms with Gasteiger partial charge in [0.1, 0.15) is 11.6 Å². The van der Waals surface area contributed by atoms with Crippen molar-refractivity contribution in [3.05, 3.63) is 6.07 Å². The summed E-state index contributed by atoms with van der Waals surface area (Å²) in [7, 11) is 0.